The molecule has 0 aromatic heterocycles. The second kappa shape index (κ2) is 15.3. The fourth-order valence-electron chi connectivity index (χ4n) is 4.97. The van der Waals surface area contributed by atoms with E-state index in [1.54, 1.807) is 29.0 Å². The van der Waals surface area contributed by atoms with Gasteiger partial charge in [-0.1, -0.05) is 18.6 Å². The summed E-state index contributed by atoms with van der Waals surface area (Å²) in [6.07, 6.45) is 2.79. The molecule has 208 valence electrons. The zero-order valence-corrected chi connectivity index (χ0v) is 22.0. The number of hydrogen-bond donors (Lipinski definition) is 4. The number of aliphatic carboxylic acids is 4. The van der Waals surface area contributed by atoms with E-state index in [1.807, 2.05) is 17.5 Å². The molecule has 0 bridgehead atoms. The number of nitriles is 1. The van der Waals surface area contributed by atoms with E-state index in [4.69, 9.17) is 5.26 Å². The molecule has 1 aromatic carbocycles. The topological polar surface area (TPSA) is 183 Å². The van der Waals surface area contributed by atoms with E-state index in [2.05, 4.69) is 0 Å². The fourth-order valence-corrected chi connectivity index (χ4v) is 5.35. The Balaban J connectivity index is 2.27. The molecule has 1 saturated carbocycles. The van der Waals surface area contributed by atoms with E-state index < -0.39 is 37.0 Å². The van der Waals surface area contributed by atoms with Crippen LogP contribution in [0.15, 0.2) is 29.2 Å². The van der Waals surface area contributed by atoms with Crippen LogP contribution >= 0.6 is 11.8 Å². The maximum absolute atomic E-state index is 11.8. The summed E-state index contributed by atoms with van der Waals surface area (Å²) in [4.78, 5) is 51.6. The fraction of sp³-hybridized carbons (Fsp3) is 0.560. The second-order valence-electron chi connectivity index (χ2n) is 9.49. The highest BCUT2D eigenvalue weighted by Gasteiger charge is 2.34. The maximum atomic E-state index is 11.8. The van der Waals surface area contributed by atoms with Crippen LogP contribution in [-0.2, 0) is 25.6 Å². The summed E-state index contributed by atoms with van der Waals surface area (Å²) in [7, 11) is 1.67. The van der Waals surface area contributed by atoms with Gasteiger partial charge >= 0.3 is 23.9 Å². The molecule has 0 spiro atoms. The van der Waals surface area contributed by atoms with Crippen molar-refractivity contribution in [1.29, 1.82) is 5.26 Å². The molecule has 1 aliphatic carbocycles. The first-order valence-electron chi connectivity index (χ1n) is 12.2. The molecule has 4 N–H and O–H groups in total. The van der Waals surface area contributed by atoms with Crippen LogP contribution in [0.3, 0.4) is 0 Å². The van der Waals surface area contributed by atoms with Crippen molar-refractivity contribution < 1.29 is 39.6 Å². The Morgan fingerprint density at radius 3 is 1.89 bits per heavy atom. The zero-order valence-electron chi connectivity index (χ0n) is 21.2. The van der Waals surface area contributed by atoms with E-state index in [9.17, 15) is 39.6 Å². The number of likely N-dealkylation sites (N-methyl/N-ethyl adjacent to an activating group) is 1. The van der Waals surface area contributed by atoms with Gasteiger partial charge in [-0.3, -0.25) is 33.9 Å². The molecule has 0 heterocycles. The van der Waals surface area contributed by atoms with Gasteiger partial charge in [-0.2, -0.15) is 5.26 Å². The lowest BCUT2D eigenvalue weighted by molar-refractivity contribution is -0.144. The minimum absolute atomic E-state index is 0.244. The van der Waals surface area contributed by atoms with E-state index in [-0.39, 0.29) is 37.8 Å². The summed E-state index contributed by atoms with van der Waals surface area (Å²) in [6, 6.07) is 6.39. The monoisotopic (exact) mass is 550 g/mol. The predicted octanol–water partition coefficient (Wildman–Crippen LogP) is 1.36. The molecule has 12 nitrogen and oxygen atoms in total. The first kappa shape index (κ1) is 31.0. The lowest BCUT2D eigenvalue weighted by Crippen LogP contribution is -2.53. The Hall–Kier alpha value is -3.18. The molecule has 0 unspecified atom stereocenters. The van der Waals surface area contributed by atoms with Crippen LogP contribution in [0.1, 0.15) is 31.2 Å². The highest BCUT2D eigenvalue weighted by atomic mass is 32.2. The Morgan fingerprint density at radius 1 is 0.895 bits per heavy atom. The first-order chi connectivity index (χ1) is 18.0. The zero-order chi connectivity index (χ0) is 28.2. The van der Waals surface area contributed by atoms with Gasteiger partial charge in [-0.05, 0) is 62.2 Å². The number of carboxylic acids is 4. The molecule has 13 heteroatoms. The van der Waals surface area contributed by atoms with E-state index in [1.165, 1.54) is 4.90 Å². The third-order valence-corrected chi connectivity index (χ3v) is 7.28. The Kier molecular flexibility index (Phi) is 12.5. The normalized spacial score (nSPS) is 18.3. The molecule has 1 aromatic rings. The molecular weight excluding hydrogens is 516 g/mol. The Labute approximate surface area is 225 Å². The number of rotatable bonds is 16. The maximum Gasteiger partial charge on any atom is 0.317 e. The molecule has 38 heavy (non-hydrogen) atoms. The SMILES string of the molecule is CN(CC(=O)O)[C@H](Cc1ccc(SC#N)cc1)CN(CC(=O)O)[C@@H]1CCC[C@@H](N(CC(=O)O)CC(=O)O)C1. The van der Waals surface area contributed by atoms with Gasteiger partial charge in [0.25, 0.3) is 0 Å². The molecule has 0 radical (unpaired) electrons. The van der Waals surface area contributed by atoms with Gasteiger partial charge in [0.1, 0.15) is 5.40 Å². The van der Waals surface area contributed by atoms with Gasteiger partial charge in [0.05, 0.1) is 26.2 Å². The van der Waals surface area contributed by atoms with Crippen molar-refractivity contribution in [2.75, 3.05) is 39.8 Å². The van der Waals surface area contributed by atoms with E-state index >= 15 is 0 Å². The number of thiocyanates is 1. The van der Waals surface area contributed by atoms with Gasteiger partial charge in [-0.25, -0.2) is 0 Å². The van der Waals surface area contributed by atoms with Crippen LogP contribution in [0, 0.1) is 10.7 Å². The summed E-state index contributed by atoms with van der Waals surface area (Å²) in [6.45, 7) is -1.13. The molecule has 2 rings (SSSR count). The number of nitrogens with zero attached hydrogens (tertiary/aromatic N) is 4. The lowest BCUT2D eigenvalue weighted by atomic mass is 9.88. The number of thioether (sulfide) groups is 1. The number of benzene rings is 1. The van der Waals surface area contributed by atoms with Crippen molar-refractivity contribution in [2.24, 2.45) is 0 Å². The van der Waals surface area contributed by atoms with Crippen LogP contribution in [0.25, 0.3) is 0 Å². The molecule has 0 amide bonds. The lowest BCUT2D eigenvalue weighted by Gasteiger charge is -2.42. The van der Waals surface area contributed by atoms with Gasteiger partial charge in [0.2, 0.25) is 0 Å². The van der Waals surface area contributed by atoms with Crippen molar-refractivity contribution in [1.82, 2.24) is 14.7 Å². The highest BCUT2D eigenvalue weighted by Crippen LogP contribution is 2.28. The van der Waals surface area contributed by atoms with Gasteiger partial charge in [-0.15, -0.1) is 0 Å². The Morgan fingerprint density at radius 2 is 1.39 bits per heavy atom. The molecule has 0 saturated heterocycles. The number of carbonyl (C=O) groups is 4. The smallest absolute Gasteiger partial charge is 0.317 e. The van der Waals surface area contributed by atoms with Crippen molar-refractivity contribution in [3.8, 4) is 5.40 Å². The van der Waals surface area contributed by atoms with Crippen LogP contribution in [-0.4, -0.2) is 117 Å². The highest BCUT2D eigenvalue weighted by molar-refractivity contribution is 8.03. The van der Waals surface area contributed by atoms with E-state index in [0.717, 1.165) is 22.2 Å². The Bertz CT molecular complexity index is 1000. The molecule has 0 aliphatic heterocycles. The van der Waals surface area contributed by atoms with Crippen molar-refractivity contribution >= 4 is 35.6 Å². The number of carboxylic acid groups (broad SMARTS) is 4. The average Bonchev–Trinajstić information content (AvgIpc) is 2.83. The molecular formula is C25H34N4O8S. The van der Waals surface area contributed by atoms with Crippen LogP contribution in [0.2, 0.25) is 0 Å². The first-order valence-corrected chi connectivity index (χ1v) is 13.0. The quantitative estimate of drug-likeness (QED) is 0.171. The third kappa shape index (κ3) is 10.7. The van der Waals surface area contributed by atoms with Crippen LogP contribution in [0.4, 0.5) is 0 Å². The van der Waals surface area contributed by atoms with Crippen molar-refractivity contribution in [3.05, 3.63) is 29.8 Å². The summed E-state index contributed by atoms with van der Waals surface area (Å²) in [5.41, 5.74) is 0.903. The van der Waals surface area contributed by atoms with Gasteiger partial charge in [0, 0.05) is 29.6 Å². The van der Waals surface area contributed by atoms with Crippen molar-refractivity contribution in [3.63, 3.8) is 0 Å². The van der Waals surface area contributed by atoms with Crippen LogP contribution < -0.4 is 0 Å². The summed E-state index contributed by atoms with van der Waals surface area (Å²) in [5, 5.41) is 48.4. The molecule has 1 fully saturated rings. The molecule has 3 atom stereocenters. The summed E-state index contributed by atoms with van der Waals surface area (Å²) >= 11 is 1.03. The predicted molar refractivity (Wildman–Crippen MR) is 138 cm³/mol. The minimum Gasteiger partial charge on any atom is -0.480 e. The standard InChI is InChI=1S/C25H34N4O8S/c1-27(12-22(30)31)20(9-17-5-7-21(8-6-17)38-16-26)11-28(13-23(32)33)18-3-2-4-19(10-18)29(14-24(34)35)15-25(36)37/h5-8,18-20H,2-4,9-15H2,1H3,(H,30,31)(H,32,33)(H,34,35)(H,36,37)/t18-,19-,20-/m1/s1. The second-order valence-corrected chi connectivity index (χ2v) is 10.4. The van der Waals surface area contributed by atoms with Gasteiger partial charge in [0.15, 0.2) is 0 Å². The average molecular weight is 551 g/mol. The van der Waals surface area contributed by atoms with Crippen molar-refractivity contribution in [2.45, 2.75) is 55.1 Å². The van der Waals surface area contributed by atoms with E-state index in [0.29, 0.717) is 32.1 Å². The molecule has 1 aliphatic rings. The number of hydrogen-bond acceptors (Lipinski definition) is 9. The van der Waals surface area contributed by atoms with Crippen LogP contribution in [0.5, 0.6) is 0 Å². The summed E-state index contributed by atoms with van der Waals surface area (Å²) in [5.74, 6) is -4.33. The van der Waals surface area contributed by atoms with Gasteiger partial charge < -0.3 is 20.4 Å². The third-order valence-electron chi connectivity index (χ3n) is 6.68. The summed E-state index contributed by atoms with van der Waals surface area (Å²) < 4.78 is 0. The minimum atomic E-state index is -1.13. The largest absolute Gasteiger partial charge is 0.480 e.